The second-order valence-electron chi connectivity index (χ2n) is 7.55. The van der Waals surface area contributed by atoms with E-state index in [0.717, 1.165) is 25.7 Å². The highest BCUT2D eigenvalue weighted by molar-refractivity contribution is 6.23. The van der Waals surface area contributed by atoms with Crippen LogP contribution in [0.5, 0.6) is 0 Å². The third-order valence-electron chi connectivity index (χ3n) is 5.97. The minimum absolute atomic E-state index is 0.104. The molecular formula is C20H31ClN2O3. The van der Waals surface area contributed by atoms with Crippen molar-refractivity contribution in [3.63, 3.8) is 0 Å². The van der Waals surface area contributed by atoms with Crippen LogP contribution < -0.4 is 0 Å². The van der Waals surface area contributed by atoms with Gasteiger partial charge in [0.1, 0.15) is 0 Å². The van der Waals surface area contributed by atoms with Crippen molar-refractivity contribution in [2.24, 2.45) is 11.8 Å². The fourth-order valence-electron chi connectivity index (χ4n) is 4.71. The topological polar surface area (TPSA) is 49.9 Å². The summed E-state index contributed by atoms with van der Waals surface area (Å²) < 4.78 is 5.93. The molecule has 2 saturated heterocycles. The van der Waals surface area contributed by atoms with Crippen LogP contribution in [0.4, 0.5) is 0 Å². The number of piperidine rings is 2. The number of amides is 2. The number of unbranched alkanes of at least 4 members (excludes halogenated alkanes) is 2. The second kappa shape index (κ2) is 8.30. The summed E-state index contributed by atoms with van der Waals surface area (Å²) >= 11 is 6.95. The summed E-state index contributed by atoms with van der Waals surface area (Å²) in [6, 6.07) is -0.509. The van der Waals surface area contributed by atoms with Crippen LogP contribution in [-0.2, 0) is 14.3 Å². The summed E-state index contributed by atoms with van der Waals surface area (Å²) in [5, 5.41) is -0.248. The molecule has 26 heavy (non-hydrogen) atoms. The van der Waals surface area contributed by atoms with Gasteiger partial charge in [0.05, 0.1) is 35.4 Å². The zero-order valence-electron chi connectivity index (χ0n) is 16.1. The molecule has 5 nitrogen and oxygen atoms in total. The molecule has 6 atom stereocenters. The standard InChI is InChI=1S/C20H31ClN2O3/c1-4-7-11-22-17-13-9-10-14(26-6-3)15(20(22)25)18(16(17)21)23(19(13)24)12-8-5-2/h9-10,13-18H,4-8,11-12H2,1-3H3/b10-9-/t13-,14+,15?,16-,17+,18?/m0/s1. The Morgan fingerprint density at radius 3 is 2.15 bits per heavy atom. The van der Waals surface area contributed by atoms with Crippen LogP contribution in [0.3, 0.4) is 0 Å². The van der Waals surface area contributed by atoms with E-state index in [1.54, 1.807) is 0 Å². The molecule has 0 aromatic heterocycles. The van der Waals surface area contributed by atoms with Gasteiger partial charge in [0.2, 0.25) is 11.8 Å². The van der Waals surface area contributed by atoms with Crippen molar-refractivity contribution in [1.29, 1.82) is 0 Å². The molecule has 6 heteroatoms. The normalized spacial score (nSPS) is 37.2. The van der Waals surface area contributed by atoms with Gasteiger partial charge in [0.25, 0.3) is 0 Å². The van der Waals surface area contributed by atoms with Crippen molar-refractivity contribution >= 4 is 23.4 Å². The van der Waals surface area contributed by atoms with Crippen LogP contribution in [0.25, 0.3) is 0 Å². The van der Waals surface area contributed by atoms with Crippen molar-refractivity contribution in [2.45, 2.75) is 70.0 Å². The van der Waals surface area contributed by atoms with Crippen LogP contribution in [0.1, 0.15) is 46.5 Å². The van der Waals surface area contributed by atoms with Crippen molar-refractivity contribution < 1.29 is 14.3 Å². The SMILES string of the molecule is CCCCN1C(=O)[C@H]2/C=C\[C@@H](OCC)C3C(=O)N(CCCC)[C@H]2[C@H](Cl)C31. The molecule has 4 bridgehead atoms. The molecule has 0 radical (unpaired) electrons. The Hall–Kier alpha value is -1.07. The second-order valence-corrected chi connectivity index (χ2v) is 8.06. The van der Waals surface area contributed by atoms with Gasteiger partial charge in [-0.2, -0.15) is 0 Å². The molecule has 2 fully saturated rings. The van der Waals surface area contributed by atoms with E-state index in [4.69, 9.17) is 16.3 Å². The van der Waals surface area contributed by atoms with Gasteiger partial charge in [-0.15, -0.1) is 11.6 Å². The Morgan fingerprint density at radius 1 is 0.962 bits per heavy atom. The van der Waals surface area contributed by atoms with Crippen molar-refractivity contribution in [2.75, 3.05) is 19.7 Å². The van der Waals surface area contributed by atoms with Gasteiger partial charge in [0, 0.05) is 19.7 Å². The molecule has 4 aliphatic heterocycles. The van der Waals surface area contributed by atoms with Crippen molar-refractivity contribution in [3.05, 3.63) is 12.2 Å². The number of carbonyl (C=O) groups is 2. The maximum atomic E-state index is 13.4. The van der Waals surface area contributed by atoms with E-state index in [0.29, 0.717) is 19.7 Å². The number of fused-ring (bicyclic) bond motifs is 2. The molecule has 0 N–H and O–H groups in total. The predicted octanol–water partition coefficient (Wildman–Crippen LogP) is 2.82. The number of nitrogens with zero attached hydrogens (tertiary/aromatic N) is 2. The van der Waals surface area contributed by atoms with Gasteiger partial charge in [-0.3, -0.25) is 9.59 Å². The minimum atomic E-state index is -0.413. The third-order valence-corrected chi connectivity index (χ3v) is 6.49. The number of halogens is 1. The molecule has 1 aliphatic carbocycles. The highest BCUT2D eigenvalue weighted by Crippen LogP contribution is 2.44. The molecule has 5 aliphatic rings. The Bertz CT molecular complexity index is 561. The molecule has 0 saturated carbocycles. The first-order valence-corrected chi connectivity index (χ1v) is 10.5. The summed E-state index contributed by atoms with van der Waals surface area (Å²) in [4.78, 5) is 30.4. The molecule has 0 aromatic carbocycles. The Morgan fingerprint density at radius 2 is 1.58 bits per heavy atom. The smallest absolute Gasteiger partial charge is 0.231 e. The molecule has 146 valence electrons. The lowest BCUT2D eigenvalue weighted by molar-refractivity contribution is -0.170. The summed E-state index contributed by atoms with van der Waals surface area (Å²) in [6.07, 6.45) is 7.43. The Kier molecular flexibility index (Phi) is 6.29. The third kappa shape index (κ3) is 3.18. The summed E-state index contributed by atoms with van der Waals surface area (Å²) in [7, 11) is 0. The molecule has 0 aromatic rings. The van der Waals surface area contributed by atoms with Gasteiger partial charge in [-0.05, 0) is 19.8 Å². The van der Waals surface area contributed by atoms with E-state index in [2.05, 4.69) is 13.8 Å². The minimum Gasteiger partial charge on any atom is -0.374 e. The number of ether oxygens (including phenoxy) is 1. The zero-order valence-corrected chi connectivity index (χ0v) is 16.8. The summed E-state index contributed by atoms with van der Waals surface area (Å²) in [6.45, 7) is 8.02. The number of carbonyl (C=O) groups excluding carboxylic acids is 2. The first kappa shape index (κ1) is 19.7. The van der Waals surface area contributed by atoms with E-state index in [9.17, 15) is 9.59 Å². The van der Waals surface area contributed by atoms with Crippen LogP contribution in [-0.4, -0.2) is 64.9 Å². The maximum absolute atomic E-state index is 13.4. The number of alkyl halides is 1. The fourth-order valence-corrected chi connectivity index (χ4v) is 5.29. The largest absolute Gasteiger partial charge is 0.374 e. The highest BCUT2D eigenvalue weighted by atomic mass is 35.5. The van der Waals surface area contributed by atoms with Gasteiger partial charge in [0.15, 0.2) is 0 Å². The van der Waals surface area contributed by atoms with Crippen LogP contribution in [0, 0.1) is 11.8 Å². The van der Waals surface area contributed by atoms with Crippen molar-refractivity contribution in [1.82, 2.24) is 9.80 Å². The maximum Gasteiger partial charge on any atom is 0.231 e. The first-order chi connectivity index (χ1) is 12.6. The van der Waals surface area contributed by atoms with E-state index in [1.165, 1.54) is 0 Å². The fraction of sp³-hybridized carbons (Fsp3) is 0.800. The van der Waals surface area contributed by atoms with Crippen LogP contribution in [0.15, 0.2) is 12.2 Å². The Balaban J connectivity index is 2.04. The lowest BCUT2D eigenvalue weighted by Gasteiger charge is -2.58. The lowest BCUT2D eigenvalue weighted by atomic mass is 9.71. The van der Waals surface area contributed by atoms with Crippen molar-refractivity contribution in [3.8, 4) is 0 Å². The summed E-state index contributed by atoms with van der Waals surface area (Å²) in [5.41, 5.74) is 0. The zero-order chi connectivity index (χ0) is 18.8. The number of hydrogen-bond acceptors (Lipinski definition) is 3. The average Bonchev–Trinajstić information content (AvgIpc) is 2.61. The van der Waals surface area contributed by atoms with Gasteiger partial charge in [-0.1, -0.05) is 38.8 Å². The van der Waals surface area contributed by atoms with Crippen LogP contribution >= 0.6 is 11.6 Å². The molecular weight excluding hydrogens is 352 g/mol. The monoisotopic (exact) mass is 382 g/mol. The first-order valence-electron chi connectivity index (χ1n) is 10.1. The molecule has 4 heterocycles. The number of rotatable bonds is 8. The highest BCUT2D eigenvalue weighted by Gasteiger charge is 2.61. The quantitative estimate of drug-likeness (QED) is 0.479. The molecule has 2 amide bonds. The lowest BCUT2D eigenvalue weighted by Crippen LogP contribution is -2.75. The van der Waals surface area contributed by atoms with E-state index in [1.807, 2.05) is 28.9 Å². The van der Waals surface area contributed by atoms with E-state index >= 15 is 0 Å². The molecule has 2 unspecified atom stereocenters. The van der Waals surface area contributed by atoms with Gasteiger partial charge >= 0.3 is 0 Å². The molecule has 5 rings (SSSR count). The summed E-state index contributed by atoms with van der Waals surface area (Å²) in [5.74, 6) is -0.554. The average molecular weight is 383 g/mol. The molecule has 0 spiro atoms. The Labute approximate surface area is 161 Å². The van der Waals surface area contributed by atoms with Crippen LogP contribution in [0.2, 0.25) is 0 Å². The van der Waals surface area contributed by atoms with E-state index in [-0.39, 0.29) is 41.3 Å². The van der Waals surface area contributed by atoms with Gasteiger partial charge in [-0.25, -0.2) is 0 Å². The number of hydrogen-bond donors (Lipinski definition) is 0. The van der Waals surface area contributed by atoms with E-state index < -0.39 is 5.92 Å². The van der Waals surface area contributed by atoms with Gasteiger partial charge < -0.3 is 14.5 Å². The predicted molar refractivity (Wildman–Crippen MR) is 102 cm³/mol.